The van der Waals surface area contributed by atoms with Crippen molar-refractivity contribution in [3.05, 3.63) is 76.1 Å². The van der Waals surface area contributed by atoms with Gasteiger partial charge in [0.15, 0.2) is 0 Å². The Bertz CT molecular complexity index is 865. The van der Waals surface area contributed by atoms with Crippen LogP contribution in [-0.4, -0.2) is 16.3 Å². The molecule has 2 aromatic carbocycles. The maximum atomic E-state index is 12.4. The summed E-state index contributed by atoms with van der Waals surface area (Å²) < 4.78 is 5.36. The number of aromatic hydroxyl groups is 1. The molecule has 0 fully saturated rings. The van der Waals surface area contributed by atoms with E-state index in [9.17, 15) is 15.0 Å². The fraction of sp³-hybridized carbons (Fsp3) is 0.211. The third-order valence-corrected chi connectivity index (χ3v) is 3.95. The molecule has 0 aliphatic carbocycles. The molecule has 1 heterocycles. The van der Waals surface area contributed by atoms with E-state index in [4.69, 9.17) is 4.42 Å². The van der Waals surface area contributed by atoms with Crippen LogP contribution >= 0.6 is 0 Å². The average Bonchev–Trinajstić information content (AvgIpc) is 2.54. The number of hydrogen-bond acceptors (Lipinski definition) is 4. The molecule has 0 aliphatic rings. The first kappa shape index (κ1) is 15.3. The molecule has 0 saturated heterocycles. The van der Waals surface area contributed by atoms with E-state index >= 15 is 0 Å². The van der Waals surface area contributed by atoms with Gasteiger partial charge in [-0.3, -0.25) is 0 Å². The van der Waals surface area contributed by atoms with E-state index < -0.39 is 17.6 Å². The van der Waals surface area contributed by atoms with Crippen molar-refractivity contribution < 1.29 is 14.6 Å². The minimum Gasteiger partial charge on any atom is -0.507 e. The summed E-state index contributed by atoms with van der Waals surface area (Å²) >= 11 is 0. The lowest BCUT2D eigenvalue weighted by atomic mass is 9.86. The molecular weight excluding hydrogens is 292 g/mol. The molecular formula is C19H18O4. The summed E-state index contributed by atoms with van der Waals surface area (Å²) in [4.78, 5) is 12.4. The van der Waals surface area contributed by atoms with Gasteiger partial charge >= 0.3 is 5.63 Å². The second kappa shape index (κ2) is 6.26. The van der Waals surface area contributed by atoms with Crippen LogP contribution in [-0.2, 0) is 0 Å². The Morgan fingerprint density at radius 2 is 1.70 bits per heavy atom. The van der Waals surface area contributed by atoms with Crippen LogP contribution in [0, 0.1) is 0 Å². The molecule has 3 aromatic rings. The quantitative estimate of drug-likeness (QED) is 0.725. The van der Waals surface area contributed by atoms with Crippen molar-refractivity contribution >= 4 is 11.0 Å². The predicted molar refractivity (Wildman–Crippen MR) is 88.7 cm³/mol. The van der Waals surface area contributed by atoms with E-state index in [1.807, 2.05) is 30.3 Å². The van der Waals surface area contributed by atoms with Crippen LogP contribution in [0.5, 0.6) is 5.75 Å². The summed E-state index contributed by atoms with van der Waals surface area (Å²) in [6, 6.07) is 16.2. The van der Waals surface area contributed by atoms with Crippen molar-refractivity contribution in [2.75, 3.05) is 0 Å². The number of rotatable bonds is 4. The van der Waals surface area contributed by atoms with Gasteiger partial charge in [0.1, 0.15) is 11.3 Å². The molecule has 0 bridgehead atoms. The molecule has 4 nitrogen and oxygen atoms in total. The highest BCUT2D eigenvalue weighted by Crippen LogP contribution is 2.36. The van der Waals surface area contributed by atoms with Crippen LogP contribution in [0.2, 0.25) is 0 Å². The Labute approximate surface area is 133 Å². The summed E-state index contributed by atoms with van der Waals surface area (Å²) in [5.74, 6) is -0.511. The molecule has 0 spiro atoms. The third-order valence-electron chi connectivity index (χ3n) is 3.95. The summed E-state index contributed by atoms with van der Waals surface area (Å²) in [7, 11) is 0. The average molecular weight is 310 g/mol. The Hall–Kier alpha value is -2.59. The van der Waals surface area contributed by atoms with Crippen molar-refractivity contribution in [2.24, 2.45) is 0 Å². The highest BCUT2D eigenvalue weighted by Gasteiger charge is 2.25. The molecule has 0 amide bonds. The molecule has 0 aliphatic heterocycles. The molecule has 0 saturated carbocycles. The fourth-order valence-electron chi connectivity index (χ4n) is 2.90. The first-order chi connectivity index (χ1) is 11.1. The van der Waals surface area contributed by atoms with Crippen molar-refractivity contribution in [3.8, 4) is 5.75 Å². The third kappa shape index (κ3) is 2.98. The Morgan fingerprint density at radius 1 is 1.04 bits per heavy atom. The van der Waals surface area contributed by atoms with Crippen LogP contribution in [0.3, 0.4) is 0 Å². The van der Waals surface area contributed by atoms with E-state index in [-0.39, 0.29) is 11.3 Å². The van der Waals surface area contributed by atoms with Crippen LogP contribution in [0.25, 0.3) is 11.0 Å². The first-order valence-corrected chi connectivity index (χ1v) is 7.55. The van der Waals surface area contributed by atoms with Gasteiger partial charge in [0.05, 0.1) is 17.1 Å². The molecule has 23 heavy (non-hydrogen) atoms. The minimum atomic E-state index is -0.620. The lowest BCUT2D eigenvalue weighted by Gasteiger charge is -2.20. The zero-order valence-corrected chi connectivity index (χ0v) is 12.8. The largest absolute Gasteiger partial charge is 0.507 e. The van der Waals surface area contributed by atoms with E-state index in [0.717, 1.165) is 5.56 Å². The number of benzene rings is 2. The van der Waals surface area contributed by atoms with Crippen LogP contribution in [0.4, 0.5) is 0 Å². The number of fused-ring (bicyclic) bond motifs is 1. The standard InChI is InChI=1S/C19H18O4/c1-12(20)11-15(13-7-3-2-4-8-13)17-18(21)14-9-5-6-10-16(14)23-19(17)22/h2-10,12,15,20-21H,11H2,1H3/t12-,15+/m0/s1. The number of para-hydroxylation sites is 1. The summed E-state index contributed by atoms with van der Waals surface area (Å²) in [6.45, 7) is 1.66. The summed E-state index contributed by atoms with van der Waals surface area (Å²) in [6.07, 6.45) is -0.300. The van der Waals surface area contributed by atoms with Crippen LogP contribution in [0.15, 0.2) is 63.8 Å². The smallest absolute Gasteiger partial charge is 0.343 e. The molecule has 3 rings (SSSR count). The molecule has 0 unspecified atom stereocenters. The minimum absolute atomic E-state index is 0.0775. The number of aliphatic hydroxyl groups excluding tert-OH is 1. The van der Waals surface area contributed by atoms with Crippen molar-refractivity contribution in [3.63, 3.8) is 0 Å². The fourth-order valence-corrected chi connectivity index (χ4v) is 2.90. The lowest BCUT2D eigenvalue weighted by Crippen LogP contribution is -2.18. The summed E-state index contributed by atoms with van der Waals surface area (Å²) in [5, 5.41) is 21.0. The summed E-state index contributed by atoms with van der Waals surface area (Å²) in [5.41, 5.74) is 0.820. The van der Waals surface area contributed by atoms with Gasteiger partial charge in [0.25, 0.3) is 0 Å². The van der Waals surface area contributed by atoms with E-state index in [1.165, 1.54) is 0 Å². The highest BCUT2D eigenvalue weighted by atomic mass is 16.4. The number of hydrogen-bond donors (Lipinski definition) is 2. The van der Waals surface area contributed by atoms with Crippen molar-refractivity contribution in [1.82, 2.24) is 0 Å². The van der Waals surface area contributed by atoms with Gasteiger partial charge in [-0.1, -0.05) is 42.5 Å². The highest BCUT2D eigenvalue weighted by molar-refractivity contribution is 5.84. The van der Waals surface area contributed by atoms with Gasteiger partial charge in [0, 0.05) is 5.92 Å². The molecule has 0 radical (unpaired) electrons. The van der Waals surface area contributed by atoms with Crippen molar-refractivity contribution in [1.29, 1.82) is 0 Å². The molecule has 118 valence electrons. The Balaban J connectivity index is 2.24. The second-order valence-electron chi connectivity index (χ2n) is 5.70. The zero-order valence-electron chi connectivity index (χ0n) is 12.8. The van der Waals surface area contributed by atoms with Crippen LogP contribution < -0.4 is 5.63 Å². The second-order valence-corrected chi connectivity index (χ2v) is 5.70. The molecule has 4 heteroatoms. The molecule has 1 aromatic heterocycles. The maximum absolute atomic E-state index is 12.4. The lowest BCUT2D eigenvalue weighted by molar-refractivity contribution is 0.178. The topological polar surface area (TPSA) is 70.7 Å². The van der Waals surface area contributed by atoms with Gasteiger partial charge < -0.3 is 14.6 Å². The van der Waals surface area contributed by atoms with Gasteiger partial charge in [-0.15, -0.1) is 0 Å². The van der Waals surface area contributed by atoms with E-state index in [0.29, 0.717) is 17.4 Å². The predicted octanol–water partition coefficient (Wildman–Crippen LogP) is 3.40. The first-order valence-electron chi connectivity index (χ1n) is 7.55. The van der Waals surface area contributed by atoms with E-state index in [2.05, 4.69) is 0 Å². The zero-order chi connectivity index (χ0) is 16.4. The molecule has 2 atom stereocenters. The SMILES string of the molecule is C[C@H](O)C[C@H](c1ccccc1)c1c(O)c2ccccc2oc1=O. The van der Waals surface area contributed by atoms with Crippen LogP contribution in [0.1, 0.15) is 30.4 Å². The Kier molecular flexibility index (Phi) is 4.17. The van der Waals surface area contributed by atoms with Crippen molar-refractivity contribution in [2.45, 2.75) is 25.4 Å². The maximum Gasteiger partial charge on any atom is 0.343 e. The van der Waals surface area contributed by atoms with Gasteiger partial charge in [-0.05, 0) is 31.0 Å². The Morgan fingerprint density at radius 3 is 2.39 bits per heavy atom. The van der Waals surface area contributed by atoms with E-state index in [1.54, 1.807) is 31.2 Å². The number of aliphatic hydroxyl groups is 1. The molecule has 2 N–H and O–H groups in total. The van der Waals surface area contributed by atoms with Gasteiger partial charge in [-0.2, -0.15) is 0 Å². The van der Waals surface area contributed by atoms with Gasteiger partial charge in [0.2, 0.25) is 0 Å². The van der Waals surface area contributed by atoms with Gasteiger partial charge in [-0.25, -0.2) is 4.79 Å². The normalized spacial score (nSPS) is 13.8. The monoisotopic (exact) mass is 310 g/mol.